The van der Waals surface area contributed by atoms with Gasteiger partial charge in [-0.15, -0.1) is 21.5 Å². The van der Waals surface area contributed by atoms with Crippen molar-refractivity contribution in [3.63, 3.8) is 0 Å². The molecule has 1 saturated heterocycles. The fourth-order valence-corrected chi connectivity index (χ4v) is 4.93. The fourth-order valence-electron chi connectivity index (χ4n) is 3.32. The number of carbonyl (C=O) groups is 1. The van der Waals surface area contributed by atoms with E-state index >= 15 is 0 Å². The van der Waals surface area contributed by atoms with Crippen molar-refractivity contribution >= 4 is 29.0 Å². The van der Waals surface area contributed by atoms with E-state index in [-0.39, 0.29) is 12.0 Å². The number of amides is 1. The van der Waals surface area contributed by atoms with Crippen LogP contribution in [0.25, 0.3) is 10.7 Å². The first-order valence-electron chi connectivity index (χ1n) is 9.70. The van der Waals surface area contributed by atoms with Crippen molar-refractivity contribution in [1.29, 1.82) is 0 Å². The number of nitrogens with zero attached hydrogens (tertiary/aromatic N) is 4. The van der Waals surface area contributed by atoms with Gasteiger partial charge < -0.3 is 9.64 Å². The molecule has 6 nitrogen and oxygen atoms in total. The highest BCUT2D eigenvalue weighted by atomic mass is 32.2. The molecule has 152 valence electrons. The van der Waals surface area contributed by atoms with Crippen molar-refractivity contribution in [3.05, 3.63) is 53.4 Å². The standard InChI is InChI=1S/C21H24N4O2S2/c1-24(13-16-7-3-2-4-8-16)19(26)15-29-21-23-22-20(18-10-6-12-28-18)25(21)14-17-9-5-11-27-17/h2-4,6-8,10,12,17H,5,9,11,13-15H2,1H3/t17-/m0/s1. The molecule has 1 aliphatic rings. The summed E-state index contributed by atoms with van der Waals surface area (Å²) in [5.74, 6) is 1.25. The molecule has 0 bridgehead atoms. The van der Waals surface area contributed by atoms with Gasteiger partial charge in [-0.25, -0.2) is 0 Å². The zero-order valence-electron chi connectivity index (χ0n) is 16.4. The zero-order chi connectivity index (χ0) is 20.1. The Bertz CT molecular complexity index is 922. The van der Waals surface area contributed by atoms with Crippen molar-refractivity contribution in [2.24, 2.45) is 0 Å². The van der Waals surface area contributed by atoms with Gasteiger partial charge in [0.05, 0.1) is 23.3 Å². The van der Waals surface area contributed by atoms with Gasteiger partial charge in [0.1, 0.15) is 0 Å². The van der Waals surface area contributed by atoms with Crippen LogP contribution in [0.4, 0.5) is 0 Å². The molecule has 8 heteroatoms. The largest absolute Gasteiger partial charge is 0.376 e. The third kappa shape index (κ3) is 5.07. The molecule has 4 rings (SSSR count). The second kappa shape index (κ2) is 9.56. The molecule has 0 aliphatic carbocycles. The summed E-state index contributed by atoms with van der Waals surface area (Å²) in [6, 6.07) is 14.1. The minimum absolute atomic E-state index is 0.0724. The molecule has 1 aromatic carbocycles. The lowest BCUT2D eigenvalue weighted by molar-refractivity contribution is -0.127. The van der Waals surface area contributed by atoms with Gasteiger partial charge >= 0.3 is 0 Å². The first-order chi connectivity index (χ1) is 14.2. The van der Waals surface area contributed by atoms with Crippen LogP contribution in [-0.4, -0.2) is 51.1 Å². The van der Waals surface area contributed by atoms with E-state index in [1.54, 1.807) is 16.2 Å². The summed E-state index contributed by atoms with van der Waals surface area (Å²) in [5.41, 5.74) is 1.12. The summed E-state index contributed by atoms with van der Waals surface area (Å²) in [7, 11) is 1.84. The van der Waals surface area contributed by atoms with Gasteiger partial charge in [-0.2, -0.15) is 0 Å². The van der Waals surface area contributed by atoms with Crippen LogP contribution in [0.1, 0.15) is 18.4 Å². The number of thioether (sulfide) groups is 1. The van der Waals surface area contributed by atoms with Crippen LogP contribution in [0.5, 0.6) is 0 Å². The van der Waals surface area contributed by atoms with Gasteiger partial charge in [-0.05, 0) is 29.9 Å². The summed E-state index contributed by atoms with van der Waals surface area (Å²) in [6.07, 6.45) is 2.32. The van der Waals surface area contributed by atoms with Crippen molar-refractivity contribution in [2.75, 3.05) is 19.4 Å². The summed E-state index contributed by atoms with van der Waals surface area (Å²) in [5, 5.41) is 11.6. The molecule has 0 radical (unpaired) electrons. The van der Waals surface area contributed by atoms with Crippen molar-refractivity contribution in [2.45, 2.75) is 37.2 Å². The molecule has 3 heterocycles. The van der Waals surface area contributed by atoms with E-state index in [0.29, 0.717) is 12.3 Å². The quantitative estimate of drug-likeness (QED) is 0.509. The van der Waals surface area contributed by atoms with E-state index in [4.69, 9.17) is 4.74 Å². The van der Waals surface area contributed by atoms with Gasteiger partial charge in [0.2, 0.25) is 5.91 Å². The second-order valence-electron chi connectivity index (χ2n) is 7.05. The van der Waals surface area contributed by atoms with Crippen molar-refractivity contribution in [3.8, 4) is 10.7 Å². The number of rotatable bonds is 8. The fraction of sp³-hybridized carbons (Fsp3) is 0.381. The van der Waals surface area contributed by atoms with Crippen LogP contribution < -0.4 is 0 Å². The minimum Gasteiger partial charge on any atom is -0.376 e. The molecule has 0 N–H and O–H groups in total. The molecule has 1 atom stereocenters. The Hall–Kier alpha value is -2.16. The number of hydrogen-bond donors (Lipinski definition) is 0. The van der Waals surface area contributed by atoms with Gasteiger partial charge in [-0.1, -0.05) is 48.2 Å². The Kier molecular flexibility index (Phi) is 6.63. The number of hydrogen-bond acceptors (Lipinski definition) is 6. The smallest absolute Gasteiger partial charge is 0.233 e. The summed E-state index contributed by atoms with van der Waals surface area (Å²) in [6.45, 7) is 2.13. The van der Waals surface area contributed by atoms with E-state index in [0.717, 1.165) is 47.4 Å². The molecule has 0 unspecified atom stereocenters. The first kappa shape index (κ1) is 20.1. The van der Waals surface area contributed by atoms with E-state index in [2.05, 4.69) is 14.8 Å². The summed E-state index contributed by atoms with van der Waals surface area (Å²) in [4.78, 5) is 15.5. The molecular formula is C21H24N4O2S2. The molecule has 1 fully saturated rings. The molecule has 1 aliphatic heterocycles. The highest BCUT2D eigenvalue weighted by Crippen LogP contribution is 2.29. The predicted molar refractivity (Wildman–Crippen MR) is 116 cm³/mol. The maximum absolute atomic E-state index is 12.6. The second-order valence-corrected chi connectivity index (χ2v) is 8.94. The number of ether oxygens (including phenoxy) is 1. The van der Waals surface area contributed by atoms with Crippen LogP contribution in [0.3, 0.4) is 0 Å². The van der Waals surface area contributed by atoms with Gasteiger partial charge in [0.15, 0.2) is 11.0 Å². The van der Waals surface area contributed by atoms with Crippen molar-refractivity contribution in [1.82, 2.24) is 19.7 Å². The Labute approximate surface area is 178 Å². The Balaban J connectivity index is 1.44. The molecule has 29 heavy (non-hydrogen) atoms. The van der Waals surface area contributed by atoms with E-state index in [1.807, 2.05) is 54.9 Å². The Morgan fingerprint density at radius 2 is 2.14 bits per heavy atom. The average molecular weight is 429 g/mol. The molecule has 1 amide bonds. The Morgan fingerprint density at radius 1 is 1.28 bits per heavy atom. The van der Waals surface area contributed by atoms with Crippen LogP contribution in [0, 0.1) is 0 Å². The highest BCUT2D eigenvalue weighted by Gasteiger charge is 2.23. The van der Waals surface area contributed by atoms with Gasteiger partial charge in [0, 0.05) is 20.2 Å². The van der Waals surface area contributed by atoms with Gasteiger partial charge in [-0.3, -0.25) is 9.36 Å². The normalized spacial score (nSPS) is 16.2. The molecule has 0 saturated carbocycles. The molecule has 3 aromatic rings. The van der Waals surface area contributed by atoms with Crippen LogP contribution in [-0.2, 0) is 22.6 Å². The Morgan fingerprint density at radius 3 is 2.86 bits per heavy atom. The third-order valence-corrected chi connectivity index (χ3v) is 6.70. The van der Waals surface area contributed by atoms with E-state index < -0.39 is 0 Å². The molecular weight excluding hydrogens is 404 g/mol. The summed E-state index contributed by atoms with van der Waals surface area (Å²) >= 11 is 3.09. The van der Waals surface area contributed by atoms with Crippen LogP contribution in [0.15, 0.2) is 53.0 Å². The zero-order valence-corrected chi connectivity index (χ0v) is 18.0. The lowest BCUT2D eigenvalue weighted by Gasteiger charge is -2.17. The lowest BCUT2D eigenvalue weighted by Crippen LogP contribution is -2.28. The minimum atomic E-state index is 0.0724. The average Bonchev–Trinajstić information content (AvgIpc) is 3.50. The maximum atomic E-state index is 12.6. The molecule has 2 aromatic heterocycles. The molecule has 0 spiro atoms. The SMILES string of the molecule is CN(Cc1ccccc1)C(=O)CSc1nnc(-c2cccs2)n1C[C@@H]1CCCO1. The predicted octanol–water partition coefficient (Wildman–Crippen LogP) is 3.94. The summed E-state index contributed by atoms with van der Waals surface area (Å²) < 4.78 is 7.93. The van der Waals surface area contributed by atoms with Gasteiger partial charge in [0.25, 0.3) is 0 Å². The van der Waals surface area contributed by atoms with Crippen LogP contribution in [0.2, 0.25) is 0 Å². The third-order valence-electron chi connectivity index (χ3n) is 4.88. The van der Waals surface area contributed by atoms with E-state index in [9.17, 15) is 4.79 Å². The maximum Gasteiger partial charge on any atom is 0.233 e. The topological polar surface area (TPSA) is 60.2 Å². The first-order valence-corrected chi connectivity index (χ1v) is 11.6. The van der Waals surface area contributed by atoms with Crippen molar-refractivity contribution < 1.29 is 9.53 Å². The number of thiophene rings is 1. The number of carbonyl (C=O) groups excluding carboxylic acids is 1. The lowest BCUT2D eigenvalue weighted by atomic mass is 10.2. The number of benzene rings is 1. The van der Waals surface area contributed by atoms with Crippen LogP contribution >= 0.6 is 23.1 Å². The monoisotopic (exact) mass is 428 g/mol. The van der Waals surface area contributed by atoms with E-state index in [1.165, 1.54) is 11.8 Å². The highest BCUT2D eigenvalue weighted by molar-refractivity contribution is 7.99. The number of aromatic nitrogens is 3.